The van der Waals surface area contributed by atoms with Crippen LogP contribution < -0.4 is 9.47 Å². The molecular formula is C33H36ClN3O4. The van der Waals surface area contributed by atoms with Gasteiger partial charge in [-0.1, -0.05) is 35.9 Å². The number of benzene rings is 2. The highest BCUT2D eigenvalue weighted by molar-refractivity contribution is 6.30. The summed E-state index contributed by atoms with van der Waals surface area (Å²) in [6.07, 6.45) is 9.10. The minimum Gasteiger partial charge on any atom is -0.487 e. The van der Waals surface area contributed by atoms with Crippen LogP contribution in [0.4, 0.5) is 4.79 Å². The van der Waals surface area contributed by atoms with Crippen LogP contribution >= 0.6 is 11.6 Å². The van der Waals surface area contributed by atoms with Gasteiger partial charge in [-0.05, 0) is 86.1 Å². The molecule has 214 valence electrons. The summed E-state index contributed by atoms with van der Waals surface area (Å²) in [5.41, 5.74) is 3.96. The van der Waals surface area contributed by atoms with E-state index in [0.29, 0.717) is 30.2 Å². The molecule has 2 aromatic carbocycles. The van der Waals surface area contributed by atoms with Crippen LogP contribution in [-0.2, 0) is 12.2 Å². The highest BCUT2D eigenvalue weighted by atomic mass is 35.5. The van der Waals surface area contributed by atoms with E-state index in [9.17, 15) is 9.90 Å². The number of amides is 1. The summed E-state index contributed by atoms with van der Waals surface area (Å²) in [5, 5.41) is 11.9. The van der Waals surface area contributed by atoms with Gasteiger partial charge >= 0.3 is 6.09 Å². The summed E-state index contributed by atoms with van der Waals surface area (Å²) in [6, 6.07) is 17.2. The molecular weight excluding hydrogens is 538 g/mol. The number of hydrogen-bond donors (Lipinski definition) is 1. The number of piperidine rings is 2. The van der Waals surface area contributed by atoms with Crippen LogP contribution in [0.2, 0.25) is 5.02 Å². The maximum Gasteiger partial charge on any atom is 0.415 e. The third-order valence-corrected chi connectivity index (χ3v) is 8.72. The highest BCUT2D eigenvalue weighted by Crippen LogP contribution is 2.39. The molecule has 6 rings (SSSR count). The second-order valence-corrected chi connectivity index (χ2v) is 11.6. The molecule has 8 heteroatoms. The Balaban J connectivity index is 1.18. The first-order valence-electron chi connectivity index (χ1n) is 14.6. The second-order valence-electron chi connectivity index (χ2n) is 11.1. The van der Waals surface area contributed by atoms with Crippen molar-refractivity contribution in [2.75, 3.05) is 32.7 Å². The molecule has 4 heterocycles. The Morgan fingerprint density at radius 2 is 1.80 bits per heavy atom. The molecule has 2 fully saturated rings. The zero-order chi connectivity index (χ0) is 28.2. The zero-order valence-electron chi connectivity index (χ0n) is 23.2. The van der Waals surface area contributed by atoms with Gasteiger partial charge in [0.1, 0.15) is 18.1 Å². The fourth-order valence-electron chi connectivity index (χ4n) is 6.05. The Labute approximate surface area is 246 Å². The molecule has 0 atom stereocenters. The van der Waals surface area contributed by atoms with E-state index in [2.05, 4.69) is 22.0 Å². The molecule has 1 aromatic heterocycles. The van der Waals surface area contributed by atoms with E-state index in [1.165, 1.54) is 0 Å². The summed E-state index contributed by atoms with van der Waals surface area (Å²) in [5.74, 6) is 1.26. The van der Waals surface area contributed by atoms with Gasteiger partial charge in [-0.2, -0.15) is 0 Å². The van der Waals surface area contributed by atoms with Gasteiger partial charge in [0.15, 0.2) is 0 Å². The topological polar surface area (TPSA) is 75.1 Å². The van der Waals surface area contributed by atoms with Crippen molar-refractivity contribution in [3.05, 3.63) is 94.3 Å². The molecule has 0 saturated carbocycles. The van der Waals surface area contributed by atoms with Crippen molar-refractivity contribution in [3.8, 4) is 11.5 Å². The van der Waals surface area contributed by atoms with E-state index in [-0.39, 0.29) is 6.09 Å². The predicted molar refractivity (Wildman–Crippen MR) is 159 cm³/mol. The van der Waals surface area contributed by atoms with E-state index in [1.807, 2.05) is 42.5 Å². The van der Waals surface area contributed by atoms with E-state index in [4.69, 9.17) is 21.1 Å². The number of rotatable bonds is 5. The number of halogens is 1. The minimum absolute atomic E-state index is 0.296. The lowest BCUT2D eigenvalue weighted by Gasteiger charge is -2.38. The number of fused-ring (bicyclic) bond motifs is 2. The number of aromatic nitrogens is 1. The Hall–Kier alpha value is -3.39. The van der Waals surface area contributed by atoms with Crippen LogP contribution in [0.25, 0.3) is 5.57 Å². The average molecular weight is 574 g/mol. The molecule has 3 aliphatic rings. The zero-order valence-corrected chi connectivity index (χ0v) is 24.0. The van der Waals surface area contributed by atoms with Crippen molar-refractivity contribution in [3.63, 3.8) is 0 Å². The average Bonchev–Trinajstić information content (AvgIpc) is 3.15. The number of hydrogen-bond acceptors (Lipinski definition) is 6. The van der Waals surface area contributed by atoms with E-state index in [0.717, 1.165) is 92.1 Å². The van der Waals surface area contributed by atoms with Gasteiger partial charge in [-0.3, -0.25) is 4.98 Å². The van der Waals surface area contributed by atoms with Crippen LogP contribution in [0.5, 0.6) is 11.5 Å². The third-order valence-electron chi connectivity index (χ3n) is 8.46. The van der Waals surface area contributed by atoms with Crippen LogP contribution in [0.1, 0.15) is 60.9 Å². The number of pyridine rings is 1. The van der Waals surface area contributed by atoms with Crippen molar-refractivity contribution >= 4 is 23.3 Å². The van der Waals surface area contributed by atoms with Gasteiger partial charge in [0.2, 0.25) is 0 Å². The number of nitrogens with zero attached hydrogens (tertiary/aromatic N) is 3. The first-order valence-corrected chi connectivity index (χ1v) is 15.0. The fourth-order valence-corrected chi connectivity index (χ4v) is 6.17. The number of ether oxygens (including phenoxy) is 2. The molecule has 2 saturated heterocycles. The molecule has 0 unspecified atom stereocenters. The Morgan fingerprint density at radius 1 is 1.02 bits per heavy atom. The van der Waals surface area contributed by atoms with Crippen molar-refractivity contribution in [1.29, 1.82) is 0 Å². The summed E-state index contributed by atoms with van der Waals surface area (Å²) in [4.78, 5) is 21.6. The monoisotopic (exact) mass is 573 g/mol. The van der Waals surface area contributed by atoms with Gasteiger partial charge in [0.25, 0.3) is 0 Å². The molecule has 0 aliphatic carbocycles. The molecule has 1 N–H and O–H groups in total. The molecule has 41 heavy (non-hydrogen) atoms. The third kappa shape index (κ3) is 6.27. The van der Waals surface area contributed by atoms with Gasteiger partial charge in [-0.25, -0.2) is 4.79 Å². The van der Waals surface area contributed by atoms with Crippen LogP contribution in [0.3, 0.4) is 0 Å². The van der Waals surface area contributed by atoms with E-state index in [1.54, 1.807) is 17.2 Å². The van der Waals surface area contributed by atoms with Gasteiger partial charge in [0.05, 0.1) is 11.3 Å². The van der Waals surface area contributed by atoms with Crippen LogP contribution in [-0.4, -0.2) is 58.7 Å². The number of carbonyl (C=O) groups excluding carboxylic acids is 1. The van der Waals surface area contributed by atoms with Crippen molar-refractivity contribution in [2.45, 2.75) is 50.7 Å². The lowest BCUT2D eigenvalue weighted by molar-refractivity contribution is -0.0254. The fraction of sp³-hybridized carbons (Fsp3) is 0.394. The molecule has 0 bridgehead atoms. The lowest BCUT2D eigenvalue weighted by atomic mass is 9.84. The summed E-state index contributed by atoms with van der Waals surface area (Å²) in [6.45, 7) is 4.36. The van der Waals surface area contributed by atoms with Crippen molar-refractivity contribution in [2.24, 2.45) is 0 Å². The number of likely N-dealkylation sites (tertiary alicyclic amines) is 2. The first kappa shape index (κ1) is 27.8. The molecule has 0 radical (unpaired) electrons. The molecule has 3 aromatic rings. The summed E-state index contributed by atoms with van der Waals surface area (Å²) >= 11 is 6.05. The van der Waals surface area contributed by atoms with Crippen molar-refractivity contribution in [1.82, 2.24) is 14.8 Å². The highest BCUT2D eigenvalue weighted by Gasteiger charge is 2.33. The van der Waals surface area contributed by atoms with Gasteiger partial charge in [0, 0.05) is 55.1 Å². The first-order chi connectivity index (χ1) is 20.0. The Bertz CT molecular complexity index is 1410. The van der Waals surface area contributed by atoms with Gasteiger partial charge < -0.3 is 24.4 Å². The van der Waals surface area contributed by atoms with Crippen LogP contribution in [0.15, 0.2) is 66.9 Å². The SMILES string of the molecule is O=C(Oc1ccc2c(c1)/C(=C/CCN1CCC(O)(c3ccc(Cl)cc3)CC1)c1cccnc1CO2)N1CCCCC1. The normalized spacial score (nSPS) is 19.6. The number of aliphatic hydroxyl groups is 1. The summed E-state index contributed by atoms with van der Waals surface area (Å²) < 4.78 is 12.0. The standard InChI is InChI=1S/C33H36ClN3O4/c34-25-10-8-24(9-11-25)33(39)14-20-36(21-15-33)17-5-7-27-28-6-4-16-35-30(28)23-40-31-13-12-26(22-29(27)31)41-32(38)37-18-2-1-3-19-37/h4,6-13,16,22,39H,1-3,5,14-15,17-21,23H2/b27-7+. The molecule has 0 spiro atoms. The predicted octanol–water partition coefficient (Wildman–Crippen LogP) is 6.42. The minimum atomic E-state index is -0.816. The number of carbonyl (C=O) groups is 1. The Kier molecular flexibility index (Phi) is 8.28. The molecule has 7 nitrogen and oxygen atoms in total. The maximum atomic E-state index is 12.8. The maximum absolute atomic E-state index is 12.8. The molecule has 3 aliphatic heterocycles. The Morgan fingerprint density at radius 3 is 2.59 bits per heavy atom. The van der Waals surface area contributed by atoms with E-state index >= 15 is 0 Å². The summed E-state index contributed by atoms with van der Waals surface area (Å²) in [7, 11) is 0. The largest absolute Gasteiger partial charge is 0.487 e. The quantitative estimate of drug-likeness (QED) is 0.380. The van der Waals surface area contributed by atoms with Crippen LogP contribution in [0, 0.1) is 0 Å². The molecule has 1 amide bonds. The van der Waals surface area contributed by atoms with Gasteiger partial charge in [-0.15, -0.1) is 0 Å². The second kappa shape index (κ2) is 12.2. The smallest absolute Gasteiger partial charge is 0.415 e. The van der Waals surface area contributed by atoms with Crippen molar-refractivity contribution < 1.29 is 19.4 Å². The lowest BCUT2D eigenvalue weighted by Crippen LogP contribution is -2.42. The van der Waals surface area contributed by atoms with E-state index < -0.39 is 5.60 Å².